The number of fused-ring (bicyclic) bond motifs is 1. The van der Waals surface area contributed by atoms with E-state index in [1.165, 1.54) is 12.6 Å². The predicted molar refractivity (Wildman–Crippen MR) is 153 cm³/mol. The van der Waals surface area contributed by atoms with E-state index >= 15 is 0 Å². The minimum absolute atomic E-state index is 0.0583. The second kappa shape index (κ2) is 11.8. The van der Waals surface area contributed by atoms with Gasteiger partial charge >= 0.3 is 5.97 Å². The lowest BCUT2D eigenvalue weighted by molar-refractivity contribution is -0.146. The second-order valence-corrected chi connectivity index (χ2v) is 11.8. The van der Waals surface area contributed by atoms with Gasteiger partial charge in [0.2, 0.25) is 5.91 Å². The van der Waals surface area contributed by atoms with Crippen molar-refractivity contribution in [1.29, 1.82) is 0 Å². The number of esters is 1. The first-order valence-corrected chi connectivity index (χ1v) is 14.1. The van der Waals surface area contributed by atoms with E-state index in [0.717, 1.165) is 52.7 Å². The lowest BCUT2D eigenvalue weighted by atomic mass is 9.86. The molecule has 2 heterocycles. The van der Waals surface area contributed by atoms with Gasteiger partial charge in [-0.25, -0.2) is 4.79 Å². The predicted octanol–water partition coefficient (Wildman–Crippen LogP) is 5.93. The molecule has 0 radical (unpaired) electrons. The van der Waals surface area contributed by atoms with Crippen molar-refractivity contribution in [2.24, 2.45) is 5.41 Å². The number of hydrogen-bond donors (Lipinski definition) is 1. The summed E-state index contributed by atoms with van der Waals surface area (Å²) in [6.07, 6.45) is 1.08. The first kappa shape index (κ1) is 28.0. The van der Waals surface area contributed by atoms with Crippen molar-refractivity contribution in [3.8, 4) is 22.3 Å². The number of carbonyl (C=O) groups is 3. The van der Waals surface area contributed by atoms with Gasteiger partial charge in [0.05, 0.1) is 13.0 Å². The van der Waals surface area contributed by atoms with Crippen LogP contribution in [0.25, 0.3) is 22.3 Å². The molecule has 1 N–H and O–H groups in total. The maximum Gasteiger partial charge on any atom is 0.329 e. The summed E-state index contributed by atoms with van der Waals surface area (Å²) < 4.78 is 7.39. The van der Waals surface area contributed by atoms with E-state index in [1.807, 2.05) is 42.5 Å². The third-order valence-electron chi connectivity index (χ3n) is 6.58. The zero-order valence-electron chi connectivity index (χ0n) is 22.2. The van der Waals surface area contributed by atoms with Crippen LogP contribution in [0.2, 0.25) is 5.02 Å². The first-order valence-electron chi connectivity index (χ1n) is 12.7. The quantitative estimate of drug-likeness (QED) is 0.333. The average molecular weight is 553 g/mol. The van der Waals surface area contributed by atoms with Crippen molar-refractivity contribution < 1.29 is 19.1 Å². The Kier molecular flexibility index (Phi) is 8.68. The Morgan fingerprint density at radius 3 is 2.34 bits per heavy atom. The molecule has 1 aliphatic rings. The van der Waals surface area contributed by atoms with Crippen LogP contribution in [-0.2, 0) is 38.5 Å². The smallest absolute Gasteiger partial charge is 0.329 e. The molecule has 0 aliphatic carbocycles. The molecule has 0 saturated carbocycles. The third-order valence-corrected chi connectivity index (χ3v) is 7.80. The van der Waals surface area contributed by atoms with E-state index in [9.17, 15) is 14.4 Å². The maximum atomic E-state index is 13.4. The summed E-state index contributed by atoms with van der Waals surface area (Å²) >= 11 is 7.26. The van der Waals surface area contributed by atoms with Gasteiger partial charge in [-0.1, -0.05) is 79.7 Å². The fourth-order valence-electron chi connectivity index (χ4n) is 5.08. The number of benzene rings is 2. The van der Waals surface area contributed by atoms with Crippen molar-refractivity contribution in [2.45, 2.75) is 53.1 Å². The average Bonchev–Trinajstić information content (AvgIpc) is 3.33. The van der Waals surface area contributed by atoms with Gasteiger partial charge in [0.25, 0.3) is 0 Å². The number of hydrogen-bond acceptors (Lipinski definition) is 5. The van der Waals surface area contributed by atoms with E-state index < -0.39 is 12.0 Å². The van der Waals surface area contributed by atoms with Crippen LogP contribution in [0.5, 0.6) is 0 Å². The zero-order chi connectivity index (χ0) is 27.4. The maximum absolute atomic E-state index is 13.4. The highest BCUT2D eigenvalue weighted by Gasteiger charge is 2.36. The van der Waals surface area contributed by atoms with E-state index in [4.69, 9.17) is 16.3 Å². The number of rotatable bonds is 9. The Morgan fingerprint density at radius 1 is 1.05 bits per heavy atom. The highest BCUT2D eigenvalue weighted by atomic mass is 35.5. The van der Waals surface area contributed by atoms with Crippen LogP contribution in [0.15, 0.2) is 54.6 Å². The topological polar surface area (TPSA) is 77.4 Å². The largest absolute Gasteiger partial charge is 0.464 e. The number of amides is 1. The van der Waals surface area contributed by atoms with Crippen molar-refractivity contribution in [2.75, 3.05) is 12.4 Å². The minimum Gasteiger partial charge on any atom is -0.464 e. The Balaban J connectivity index is 1.73. The molecule has 1 atom stereocenters. The molecule has 0 spiro atoms. The third kappa shape index (κ3) is 6.33. The summed E-state index contributed by atoms with van der Waals surface area (Å²) in [6, 6.07) is 17.1. The van der Waals surface area contributed by atoms with Gasteiger partial charge in [-0.15, -0.1) is 0 Å². The Morgan fingerprint density at radius 2 is 1.71 bits per heavy atom. The Bertz CT molecular complexity index is 1330. The number of nitrogens with zero attached hydrogens (tertiary/aromatic N) is 1. The van der Waals surface area contributed by atoms with Crippen LogP contribution in [0.3, 0.4) is 0 Å². The van der Waals surface area contributed by atoms with Crippen LogP contribution in [0.1, 0.15) is 39.1 Å². The highest BCUT2D eigenvalue weighted by molar-refractivity contribution is 8.13. The van der Waals surface area contributed by atoms with Crippen molar-refractivity contribution in [3.63, 3.8) is 0 Å². The normalized spacial score (nSPS) is 14.6. The number of nitrogens with one attached hydrogen (secondary N) is 1. The molecule has 0 saturated heterocycles. The molecular weight excluding hydrogens is 520 g/mol. The van der Waals surface area contributed by atoms with Crippen molar-refractivity contribution in [1.82, 2.24) is 9.88 Å². The molecule has 2 aromatic carbocycles. The molecule has 0 fully saturated rings. The standard InChI is InChI=1S/C30H33ClN2O4S/c1-5-37-29(36)23(32-19(2)34)17-38-26(35)15-24-27(21-11-13-22(31)14-12-21)28(20-9-7-6-8-10-20)25-16-30(3,4)18-33(24)25/h6-14,23H,5,15-18H2,1-4H3,(H,32,34). The van der Waals surface area contributed by atoms with Gasteiger partial charge < -0.3 is 14.6 Å². The molecule has 200 valence electrons. The van der Waals surface area contributed by atoms with Gasteiger partial charge in [0.15, 0.2) is 5.12 Å². The number of ether oxygens (including phenoxy) is 1. The second-order valence-electron chi connectivity index (χ2n) is 10.3. The Hall–Kier alpha value is -3.03. The summed E-state index contributed by atoms with van der Waals surface area (Å²) in [6.45, 7) is 8.54. The lowest BCUT2D eigenvalue weighted by Gasteiger charge is -2.19. The summed E-state index contributed by atoms with van der Waals surface area (Å²) in [5, 5.41) is 3.17. The van der Waals surface area contributed by atoms with Crippen LogP contribution >= 0.6 is 23.4 Å². The molecular formula is C30H33ClN2O4S. The van der Waals surface area contributed by atoms with Gasteiger partial charge in [-0.05, 0) is 42.0 Å². The molecule has 0 bridgehead atoms. The van der Waals surface area contributed by atoms with Gasteiger partial charge in [-0.3, -0.25) is 9.59 Å². The van der Waals surface area contributed by atoms with E-state index in [0.29, 0.717) is 5.02 Å². The lowest BCUT2D eigenvalue weighted by Crippen LogP contribution is -2.42. The van der Waals surface area contributed by atoms with Gasteiger partial charge in [-0.2, -0.15) is 0 Å². The molecule has 8 heteroatoms. The molecule has 1 aliphatic heterocycles. The zero-order valence-corrected chi connectivity index (χ0v) is 23.7. The van der Waals surface area contributed by atoms with E-state index in [-0.39, 0.29) is 35.2 Å². The molecule has 4 rings (SSSR count). The van der Waals surface area contributed by atoms with Gasteiger partial charge in [0, 0.05) is 46.8 Å². The summed E-state index contributed by atoms with van der Waals surface area (Å²) in [4.78, 5) is 37.3. The van der Waals surface area contributed by atoms with E-state index in [1.54, 1.807) is 6.92 Å². The summed E-state index contributed by atoms with van der Waals surface area (Å²) in [5.41, 5.74) is 6.53. The van der Waals surface area contributed by atoms with Crippen LogP contribution in [0.4, 0.5) is 0 Å². The Labute approximate surface area is 233 Å². The van der Waals surface area contributed by atoms with Crippen LogP contribution in [0, 0.1) is 5.41 Å². The summed E-state index contributed by atoms with van der Waals surface area (Å²) in [7, 11) is 0. The van der Waals surface area contributed by atoms with Crippen LogP contribution < -0.4 is 5.32 Å². The fourth-order valence-corrected chi connectivity index (χ4v) is 6.02. The first-order chi connectivity index (χ1) is 18.1. The monoisotopic (exact) mass is 552 g/mol. The number of thioether (sulfide) groups is 1. The molecule has 6 nitrogen and oxygen atoms in total. The van der Waals surface area contributed by atoms with Crippen molar-refractivity contribution >= 4 is 40.4 Å². The van der Waals surface area contributed by atoms with Crippen LogP contribution in [-0.4, -0.2) is 40.0 Å². The van der Waals surface area contributed by atoms with Gasteiger partial charge in [0.1, 0.15) is 6.04 Å². The SMILES string of the molecule is CCOC(=O)C(CSC(=O)Cc1c(-c2ccc(Cl)cc2)c(-c2ccccc2)c2n1CC(C)(C)C2)NC(C)=O. The number of carbonyl (C=O) groups excluding carboxylic acids is 3. The summed E-state index contributed by atoms with van der Waals surface area (Å²) in [5.74, 6) is -0.778. The minimum atomic E-state index is -0.881. The molecule has 1 aromatic heterocycles. The number of halogens is 1. The van der Waals surface area contributed by atoms with E-state index in [2.05, 4.69) is 35.9 Å². The molecule has 38 heavy (non-hydrogen) atoms. The molecule has 3 aromatic rings. The number of aromatic nitrogens is 1. The fraction of sp³-hybridized carbons (Fsp3) is 0.367. The highest BCUT2D eigenvalue weighted by Crippen LogP contribution is 2.47. The van der Waals surface area contributed by atoms with Crippen molar-refractivity contribution in [3.05, 3.63) is 71.0 Å². The molecule has 1 unspecified atom stereocenters. The molecule has 1 amide bonds.